The van der Waals surface area contributed by atoms with Crippen LogP contribution in [0.4, 0.5) is 5.82 Å². The Bertz CT molecular complexity index is 1220. The smallest absolute Gasteiger partial charge is 0.272 e. The molecule has 0 fully saturated rings. The first-order chi connectivity index (χ1) is 14.6. The number of hydrogen-bond acceptors (Lipinski definition) is 7. The number of aryl methyl sites for hydroxylation is 1. The van der Waals surface area contributed by atoms with Crippen molar-refractivity contribution in [1.82, 2.24) is 25.0 Å². The van der Waals surface area contributed by atoms with Gasteiger partial charge in [-0.1, -0.05) is 0 Å². The lowest BCUT2D eigenvalue weighted by atomic mass is 9.87. The number of fused-ring (bicyclic) bond motifs is 1. The van der Waals surface area contributed by atoms with Crippen molar-refractivity contribution in [3.05, 3.63) is 64.1 Å². The Labute approximate surface area is 176 Å². The molecule has 0 aliphatic carbocycles. The molecule has 0 unspecified atom stereocenters. The minimum absolute atomic E-state index is 0.0357. The van der Waals surface area contributed by atoms with Crippen LogP contribution >= 0.6 is 11.3 Å². The SMILES string of the molecule is COc1ccc(-c2cnnc(-n3nc(C)c4c3NC(=O)C[C@@H]4c3ccsc3)n2)cc1. The summed E-state index contributed by atoms with van der Waals surface area (Å²) in [6, 6.07) is 9.60. The first-order valence-corrected chi connectivity index (χ1v) is 10.3. The molecular weight excluding hydrogens is 400 g/mol. The molecule has 4 heterocycles. The van der Waals surface area contributed by atoms with Gasteiger partial charge >= 0.3 is 0 Å². The van der Waals surface area contributed by atoms with Gasteiger partial charge in [0, 0.05) is 23.5 Å². The zero-order chi connectivity index (χ0) is 20.7. The van der Waals surface area contributed by atoms with Crippen LogP contribution in [-0.4, -0.2) is 38.0 Å². The van der Waals surface area contributed by atoms with Gasteiger partial charge in [-0.25, -0.2) is 4.98 Å². The Balaban J connectivity index is 1.59. The molecule has 0 spiro atoms. The van der Waals surface area contributed by atoms with Crippen LogP contribution in [-0.2, 0) is 4.79 Å². The number of methoxy groups -OCH3 is 1. The number of hydrogen-bond donors (Lipinski definition) is 1. The maximum absolute atomic E-state index is 12.5. The normalized spacial score (nSPS) is 15.5. The highest BCUT2D eigenvalue weighted by Crippen LogP contribution is 2.40. The van der Waals surface area contributed by atoms with E-state index >= 15 is 0 Å². The van der Waals surface area contributed by atoms with Gasteiger partial charge in [0.25, 0.3) is 5.95 Å². The van der Waals surface area contributed by atoms with Crippen LogP contribution in [0, 0.1) is 6.92 Å². The second kappa shape index (κ2) is 7.34. The van der Waals surface area contributed by atoms with Crippen molar-refractivity contribution >= 4 is 23.1 Å². The molecule has 1 aliphatic heterocycles. The van der Waals surface area contributed by atoms with E-state index in [1.54, 1.807) is 29.3 Å². The van der Waals surface area contributed by atoms with Crippen LogP contribution in [0.1, 0.15) is 29.2 Å². The minimum atomic E-state index is -0.0564. The Morgan fingerprint density at radius 3 is 2.80 bits per heavy atom. The fourth-order valence-electron chi connectivity index (χ4n) is 3.73. The topological polar surface area (TPSA) is 94.8 Å². The number of anilines is 1. The lowest BCUT2D eigenvalue weighted by molar-refractivity contribution is -0.116. The monoisotopic (exact) mass is 418 g/mol. The molecule has 1 aromatic carbocycles. The number of nitrogens with one attached hydrogen (secondary N) is 1. The van der Waals surface area contributed by atoms with Gasteiger partial charge in [-0.15, -0.1) is 5.10 Å². The third kappa shape index (κ3) is 3.13. The summed E-state index contributed by atoms with van der Waals surface area (Å²) in [5, 5.41) is 20.0. The number of ether oxygens (including phenoxy) is 1. The summed E-state index contributed by atoms with van der Waals surface area (Å²) in [5.74, 6) is 1.58. The second-order valence-corrected chi connectivity index (χ2v) is 7.77. The Kier molecular flexibility index (Phi) is 4.51. The van der Waals surface area contributed by atoms with Gasteiger partial charge < -0.3 is 10.1 Å². The summed E-state index contributed by atoms with van der Waals surface area (Å²) in [5.41, 5.74) is 4.47. The fourth-order valence-corrected chi connectivity index (χ4v) is 4.45. The molecule has 30 heavy (non-hydrogen) atoms. The number of aromatic nitrogens is 5. The number of carbonyl (C=O) groups excluding carboxylic acids is 1. The van der Waals surface area contributed by atoms with Crippen LogP contribution in [0.3, 0.4) is 0 Å². The van der Waals surface area contributed by atoms with Crippen molar-refractivity contribution in [2.45, 2.75) is 19.3 Å². The zero-order valence-electron chi connectivity index (χ0n) is 16.4. The number of nitrogens with zero attached hydrogens (tertiary/aromatic N) is 5. The largest absolute Gasteiger partial charge is 0.497 e. The van der Waals surface area contributed by atoms with Crippen LogP contribution in [0.15, 0.2) is 47.3 Å². The number of rotatable bonds is 4. The van der Waals surface area contributed by atoms with E-state index in [0.717, 1.165) is 28.1 Å². The molecule has 8 nitrogen and oxygen atoms in total. The molecule has 0 bridgehead atoms. The van der Waals surface area contributed by atoms with E-state index in [4.69, 9.17) is 4.74 Å². The molecular formula is C21H18N6O2S. The molecule has 3 aromatic heterocycles. The average Bonchev–Trinajstić information content (AvgIpc) is 3.42. The highest BCUT2D eigenvalue weighted by molar-refractivity contribution is 7.08. The van der Waals surface area contributed by atoms with Crippen molar-refractivity contribution in [2.75, 3.05) is 12.4 Å². The van der Waals surface area contributed by atoms with E-state index in [2.05, 4.69) is 37.0 Å². The van der Waals surface area contributed by atoms with Crippen molar-refractivity contribution < 1.29 is 9.53 Å². The quantitative estimate of drug-likeness (QED) is 0.544. The Hall–Kier alpha value is -3.59. The van der Waals surface area contributed by atoms with Gasteiger partial charge in [0.2, 0.25) is 5.91 Å². The van der Waals surface area contributed by atoms with Gasteiger partial charge in [0.05, 0.1) is 24.7 Å². The Morgan fingerprint density at radius 2 is 2.07 bits per heavy atom. The van der Waals surface area contributed by atoms with Gasteiger partial charge in [0.15, 0.2) is 0 Å². The minimum Gasteiger partial charge on any atom is -0.497 e. The fraction of sp³-hybridized carbons (Fsp3) is 0.190. The first kappa shape index (κ1) is 18.4. The number of carbonyl (C=O) groups is 1. The summed E-state index contributed by atoms with van der Waals surface area (Å²) in [4.78, 5) is 17.1. The highest BCUT2D eigenvalue weighted by atomic mass is 32.1. The predicted octanol–water partition coefficient (Wildman–Crippen LogP) is 3.58. The van der Waals surface area contributed by atoms with Gasteiger partial charge in [0.1, 0.15) is 11.6 Å². The third-order valence-corrected chi connectivity index (χ3v) is 5.87. The lowest BCUT2D eigenvalue weighted by Gasteiger charge is -2.23. The van der Waals surface area contributed by atoms with E-state index < -0.39 is 0 Å². The number of amides is 1. The van der Waals surface area contributed by atoms with Gasteiger partial charge in [-0.05, 0) is 53.6 Å². The summed E-state index contributed by atoms with van der Waals surface area (Å²) >= 11 is 1.62. The highest BCUT2D eigenvalue weighted by Gasteiger charge is 2.33. The third-order valence-electron chi connectivity index (χ3n) is 5.17. The molecule has 1 aliphatic rings. The van der Waals surface area contributed by atoms with Crippen LogP contribution in [0.25, 0.3) is 17.2 Å². The molecule has 0 saturated heterocycles. The zero-order valence-corrected chi connectivity index (χ0v) is 17.2. The van der Waals surface area contributed by atoms with Crippen molar-refractivity contribution in [2.24, 2.45) is 0 Å². The van der Waals surface area contributed by atoms with Crippen molar-refractivity contribution in [1.29, 1.82) is 0 Å². The maximum atomic E-state index is 12.5. The maximum Gasteiger partial charge on any atom is 0.272 e. The van der Waals surface area contributed by atoms with Crippen LogP contribution < -0.4 is 10.1 Å². The average molecular weight is 418 g/mol. The Morgan fingerprint density at radius 1 is 1.23 bits per heavy atom. The predicted molar refractivity (Wildman–Crippen MR) is 113 cm³/mol. The van der Waals surface area contributed by atoms with E-state index in [1.165, 1.54) is 0 Å². The molecule has 1 amide bonds. The summed E-state index contributed by atoms with van der Waals surface area (Å²) in [6.07, 6.45) is 1.99. The first-order valence-electron chi connectivity index (χ1n) is 9.40. The number of thiophene rings is 1. The van der Waals surface area contributed by atoms with E-state index in [-0.39, 0.29) is 11.8 Å². The molecule has 1 atom stereocenters. The molecule has 0 radical (unpaired) electrons. The van der Waals surface area contributed by atoms with Gasteiger partial charge in [-0.2, -0.15) is 26.2 Å². The number of benzene rings is 1. The molecule has 0 saturated carbocycles. The second-order valence-electron chi connectivity index (χ2n) is 6.99. The van der Waals surface area contributed by atoms with E-state index in [0.29, 0.717) is 23.9 Å². The summed E-state index contributed by atoms with van der Waals surface area (Å²) in [7, 11) is 1.63. The summed E-state index contributed by atoms with van der Waals surface area (Å²) < 4.78 is 6.78. The van der Waals surface area contributed by atoms with Crippen LogP contribution in [0.5, 0.6) is 5.75 Å². The molecule has 1 N–H and O–H groups in total. The molecule has 5 rings (SSSR count). The molecule has 9 heteroatoms. The van der Waals surface area contributed by atoms with E-state index in [1.807, 2.05) is 36.6 Å². The van der Waals surface area contributed by atoms with Crippen molar-refractivity contribution in [3.8, 4) is 23.0 Å². The molecule has 4 aromatic rings. The van der Waals surface area contributed by atoms with E-state index in [9.17, 15) is 4.79 Å². The summed E-state index contributed by atoms with van der Waals surface area (Å²) in [6.45, 7) is 1.94. The molecule has 150 valence electrons. The standard InChI is InChI=1S/C21H18N6O2S/c1-12-19-16(14-7-8-30-11-14)9-18(28)24-20(19)27(26-12)21-23-17(10-22-25-21)13-3-5-15(29-2)6-4-13/h3-8,10-11,16H,9H2,1-2H3,(H,24,28)/t16-/m1/s1. The van der Waals surface area contributed by atoms with Crippen molar-refractivity contribution in [3.63, 3.8) is 0 Å². The van der Waals surface area contributed by atoms with Crippen LogP contribution in [0.2, 0.25) is 0 Å². The lowest BCUT2D eigenvalue weighted by Crippen LogP contribution is -2.25. The van der Waals surface area contributed by atoms with Gasteiger partial charge in [-0.3, -0.25) is 4.79 Å².